The number of hydrogen-bond donors (Lipinski definition) is 1. The predicted molar refractivity (Wildman–Crippen MR) is 90.3 cm³/mol. The van der Waals surface area contributed by atoms with Crippen LogP contribution >= 0.6 is 0 Å². The third kappa shape index (κ3) is 3.25. The summed E-state index contributed by atoms with van der Waals surface area (Å²) in [5.41, 5.74) is 6.48. The topological polar surface area (TPSA) is 77.0 Å². The zero-order chi connectivity index (χ0) is 20.1. The molecule has 0 radical (unpaired) electrons. The van der Waals surface area contributed by atoms with Crippen LogP contribution in [-0.2, 0) is 23.9 Å². The van der Waals surface area contributed by atoms with Gasteiger partial charge in [0.25, 0.3) is 0 Å². The number of hydrogen-bond acceptors (Lipinski definition) is 4. The number of nitrogens with zero attached hydrogens (tertiary/aromatic N) is 4. The van der Waals surface area contributed by atoms with Crippen molar-refractivity contribution in [1.82, 2.24) is 19.7 Å². The van der Waals surface area contributed by atoms with Crippen molar-refractivity contribution in [1.29, 1.82) is 0 Å². The number of fused-ring (bicyclic) bond motifs is 4. The summed E-state index contributed by atoms with van der Waals surface area (Å²) in [7, 11) is 0. The number of carbonyl (C=O) groups is 1. The van der Waals surface area contributed by atoms with E-state index in [0.29, 0.717) is 18.4 Å². The predicted octanol–water partition coefficient (Wildman–Crippen LogP) is 2.44. The molecule has 6 nitrogen and oxygen atoms in total. The van der Waals surface area contributed by atoms with Gasteiger partial charge in [-0.15, -0.1) is 10.2 Å². The average molecular weight is 397 g/mol. The summed E-state index contributed by atoms with van der Waals surface area (Å²) in [4.78, 5) is 14.4. The van der Waals surface area contributed by atoms with Crippen molar-refractivity contribution in [3.8, 4) is 0 Å². The molecule has 2 aliphatic rings. The van der Waals surface area contributed by atoms with Crippen LogP contribution in [0.25, 0.3) is 0 Å². The van der Waals surface area contributed by atoms with E-state index in [1.165, 1.54) is 6.07 Å². The highest BCUT2D eigenvalue weighted by atomic mass is 19.4. The van der Waals surface area contributed by atoms with Crippen molar-refractivity contribution in [3.05, 3.63) is 47.3 Å². The molecule has 2 bridgehead atoms. The Morgan fingerprint density at radius 1 is 1.25 bits per heavy atom. The number of aromatic nitrogens is 3. The number of benzene rings is 1. The fraction of sp³-hybridized carbons (Fsp3) is 0.500. The van der Waals surface area contributed by atoms with Crippen LogP contribution in [0.3, 0.4) is 0 Å². The van der Waals surface area contributed by atoms with Gasteiger partial charge in [-0.2, -0.15) is 13.2 Å². The van der Waals surface area contributed by atoms with Gasteiger partial charge in [-0.05, 0) is 30.9 Å². The van der Waals surface area contributed by atoms with Crippen LogP contribution in [-0.4, -0.2) is 37.7 Å². The fourth-order valence-corrected chi connectivity index (χ4v) is 4.20. The maximum atomic E-state index is 13.8. The molecule has 1 aromatic heterocycles. The number of alkyl halides is 3. The molecule has 28 heavy (non-hydrogen) atoms. The molecule has 1 saturated heterocycles. The first kappa shape index (κ1) is 18.9. The van der Waals surface area contributed by atoms with Gasteiger partial charge in [0.05, 0.1) is 12.1 Å². The molecule has 0 aliphatic carbocycles. The highest BCUT2D eigenvalue weighted by Crippen LogP contribution is 2.42. The number of amides is 1. The molecule has 1 fully saturated rings. The summed E-state index contributed by atoms with van der Waals surface area (Å²) in [6.45, 7) is 0.0158. The third-order valence-corrected chi connectivity index (χ3v) is 5.39. The maximum absolute atomic E-state index is 13.8. The minimum Gasteiger partial charge on any atom is -0.328 e. The molecule has 3 heterocycles. The molecule has 150 valence electrons. The maximum Gasteiger partial charge on any atom is 0.451 e. The van der Waals surface area contributed by atoms with Gasteiger partial charge in [-0.1, -0.05) is 18.2 Å². The fourth-order valence-electron chi connectivity index (χ4n) is 4.20. The van der Waals surface area contributed by atoms with Gasteiger partial charge in [0.1, 0.15) is 5.82 Å². The number of rotatable bonds is 4. The molecule has 0 saturated carbocycles. The minimum atomic E-state index is -4.58. The zero-order valence-corrected chi connectivity index (χ0v) is 14.9. The molecule has 10 heteroatoms. The first-order valence-corrected chi connectivity index (χ1v) is 9.06. The summed E-state index contributed by atoms with van der Waals surface area (Å²) in [6, 6.07) is 4.76. The average Bonchev–Trinajstić information content (AvgIpc) is 3.18. The van der Waals surface area contributed by atoms with Crippen LogP contribution in [0.15, 0.2) is 24.3 Å². The van der Waals surface area contributed by atoms with Crippen LogP contribution in [0.4, 0.5) is 17.6 Å². The van der Waals surface area contributed by atoms with E-state index in [9.17, 15) is 22.4 Å². The van der Waals surface area contributed by atoms with Gasteiger partial charge in [0, 0.05) is 19.0 Å². The Bertz CT molecular complexity index is 896. The lowest BCUT2D eigenvalue weighted by molar-refractivity contribution is -0.148. The second-order valence-electron chi connectivity index (χ2n) is 7.30. The lowest BCUT2D eigenvalue weighted by Crippen LogP contribution is -2.46. The Morgan fingerprint density at radius 3 is 2.71 bits per heavy atom. The Balaban J connectivity index is 1.49. The molecule has 1 amide bonds. The van der Waals surface area contributed by atoms with Crippen molar-refractivity contribution < 1.29 is 22.4 Å². The normalized spacial score (nSPS) is 22.2. The summed E-state index contributed by atoms with van der Waals surface area (Å²) in [5.74, 6) is -1.49. The van der Waals surface area contributed by atoms with E-state index in [-0.39, 0.29) is 43.0 Å². The van der Waals surface area contributed by atoms with Gasteiger partial charge in [0.2, 0.25) is 11.7 Å². The van der Waals surface area contributed by atoms with Crippen molar-refractivity contribution in [2.24, 2.45) is 5.73 Å². The van der Waals surface area contributed by atoms with Crippen molar-refractivity contribution in [3.63, 3.8) is 0 Å². The minimum absolute atomic E-state index is 0.0123. The first-order chi connectivity index (χ1) is 13.3. The molecule has 3 atom stereocenters. The molecule has 1 aromatic carbocycles. The summed E-state index contributed by atoms with van der Waals surface area (Å²) < 4.78 is 54.2. The summed E-state index contributed by atoms with van der Waals surface area (Å²) in [6.07, 6.45) is -3.26. The van der Waals surface area contributed by atoms with Crippen LogP contribution in [0.2, 0.25) is 0 Å². The van der Waals surface area contributed by atoms with Gasteiger partial charge in [-0.3, -0.25) is 4.79 Å². The van der Waals surface area contributed by atoms with Crippen molar-refractivity contribution in [2.45, 2.75) is 56.5 Å². The second kappa shape index (κ2) is 6.84. The van der Waals surface area contributed by atoms with E-state index in [4.69, 9.17) is 5.73 Å². The van der Waals surface area contributed by atoms with Crippen molar-refractivity contribution >= 4 is 5.91 Å². The molecule has 3 unspecified atom stereocenters. The molecule has 2 N–H and O–H groups in total. The number of halogens is 4. The van der Waals surface area contributed by atoms with Crippen LogP contribution < -0.4 is 5.73 Å². The lowest BCUT2D eigenvalue weighted by atomic mass is 10.0. The van der Waals surface area contributed by atoms with E-state index in [1.807, 2.05) is 0 Å². The molecule has 2 aromatic rings. The quantitative estimate of drug-likeness (QED) is 0.804. The highest BCUT2D eigenvalue weighted by Gasteiger charge is 2.48. The smallest absolute Gasteiger partial charge is 0.328 e. The monoisotopic (exact) mass is 397 g/mol. The van der Waals surface area contributed by atoms with E-state index >= 15 is 0 Å². The van der Waals surface area contributed by atoms with Crippen molar-refractivity contribution in [2.75, 3.05) is 0 Å². The second-order valence-corrected chi connectivity index (χ2v) is 7.30. The van der Waals surface area contributed by atoms with Gasteiger partial charge in [0.15, 0.2) is 5.82 Å². The van der Waals surface area contributed by atoms with Gasteiger partial charge in [-0.25, -0.2) is 4.39 Å². The Labute approximate surface area is 158 Å². The van der Waals surface area contributed by atoms with E-state index < -0.39 is 24.1 Å². The summed E-state index contributed by atoms with van der Waals surface area (Å²) in [5, 5.41) is 7.00. The standard InChI is InChI=1S/C18H19F4N5O/c19-13-4-2-1-3-10(13)7-11(23)8-15(28)27-12-5-6-14(27)16-24-25-17(18(20,21)22)26(16)9-12/h1-4,11-12,14H,5-9,23H2. The first-order valence-electron chi connectivity index (χ1n) is 9.06. The number of nitrogens with two attached hydrogens (primary N) is 1. The molecular weight excluding hydrogens is 378 g/mol. The van der Waals surface area contributed by atoms with E-state index in [2.05, 4.69) is 10.2 Å². The van der Waals surface area contributed by atoms with Gasteiger partial charge < -0.3 is 15.2 Å². The zero-order valence-electron chi connectivity index (χ0n) is 14.9. The summed E-state index contributed by atoms with van der Waals surface area (Å²) >= 11 is 0. The number of carbonyl (C=O) groups excluding carboxylic acids is 1. The molecular formula is C18H19F4N5O. The Hall–Kier alpha value is -2.49. The molecule has 0 spiro atoms. The Kier molecular flexibility index (Phi) is 4.60. The van der Waals surface area contributed by atoms with Gasteiger partial charge >= 0.3 is 6.18 Å². The van der Waals surface area contributed by atoms with E-state index in [0.717, 1.165) is 4.57 Å². The van der Waals surface area contributed by atoms with E-state index in [1.54, 1.807) is 23.1 Å². The van der Waals surface area contributed by atoms with Crippen LogP contribution in [0.1, 0.15) is 42.5 Å². The Morgan fingerprint density at radius 2 is 2.00 bits per heavy atom. The molecule has 2 aliphatic heterocycles. The largest absolute Gasteiger partial charge is 0.451 e. The SMILES string of the molecule is NC(CC(=O)N1C2CCC1c1nnc(C(F)(F)F)n1C2)Cc1ccccc1F. The lowest BCUT2D eigenvalue weighted by Gasteiger charge is -2.36. The highest BCUT2D eigenvalue weighted by molar-refractivity contribution is 5.78. The van der Waals surface area contributed by atoms with Crippen LogP contribution in [0.5, 0.6) is 0 Å². The third-order valence-electron chi connectivity index (χ3n) is 5.39. The molecule has 4 rings (SSSR count). The van der Waals surface area contributed by atoms with Crippen LogP contribution in [0, 0.1) is 5.82 Å².